The molecule has 0 bridgehead atoms. The van der Waals surface area contributed by atoms with Crippen molar-refractivity contribution >= 4 is 24.0 Å². The highest BCUT2D eigenvalue weighted by Gasteiger charge is 2.38. The maximum absolute atomic E-state index is 12.7. The number of hydrogen-bond acceptors (Lipinski definition) is 6. The fraction of sp³-hybridized carbons (Fsp3) is 0.583. The highest BCUT2D eigenvalue weighted by atomic mass is 16.8. The zero-order valence-electron chi connectivity index (χ0n) is 19.5. The van der Waals surface area contributed by atoms with Crippen molar-refractivity contribution < 1.29 is 29.1 Å². The summed E-state index contributed by atoms with van der Waals surface area (Å²) in [7, 11) is 1.43. The number of aliphatic carboxylic acids is 1. The largest absolute Gasteiger partial charge is 0.480 e. The Morgan fingerprint density at radius 1 is 1.15 bits per heavy atom. The molecule has 1 amide bonds. The number of carboxylic acid groups (broad SMARTS) is 1. The molecule has 2 rings (SSSR count). The van der Waals surface area contributed by atoms with Crippen LogP contribution in [0.5, 0.6) is 0 Å². The minimum absolute atomic E-state index is 0.00919. The van der Waals surface area contributed by atoms with Crippen LogP contribution in [0.25, 0.3) is 0 Å². The summed E-state index contributed by atoms with van der Waals surface area (Å²) in [4.78, 5) is 43.6. The number of likely N-dealkylation sites (N-methyl/N-ethyl adjacent to an activating group) is 1. The van der Waals surface area contributed by atoms with Crippen LogP contribution in [0.1, 0.15) is 63.9 Å². The van der Waals surface area contributed by atoms with E-state index < -0.39 is 30.0 Å². The molecule has 1 fully saturated rings. The number of rotatable bonds is 9. The molecule has 9 nitrogen and oxygen atoms in total. The quantitative estimate of drug-likeness (QED) is 0.244. The Balaban J connectivity index is 2.12. The lowest BCUT2D eigenvalue weighted by atomic mass is 9.83. The molecule has 1 aromatic carbocycles. The number of benzene rings is 1. The van der Waals surface area contributed by atoms with Crippen molar-refractivity contribution in [1.29, 1.82) is 5.41 Å². The summed E-state index contributed by atoms with van der Waals surface area (Å²) in [6, 6.07) is 8.34. The van der Waals surface area contributed by atoms with Gasteiger partial charge in [0.1, 0.15) is 6.04 Å². The third-order valence-electron chi connectivity index (χ3n) is 5.84. The zero-order valence-corrected chi connectivity index (χ0v) is 19.5. The molecule has 1 aromatic rings. The summed E-state index contributed by atoms with van der Waals surface area (Å²) >= 11 is 0. The Labute approximate surface area is 195 Å². The Bertz CT molecular complexity index is 795. The normalized spacial score (nSPS) is 14.7. The van der Waals surface area contributed by atoms with E-state index in [1.165, 1.54) is 11.9 Å². The van der Waals surface area contributed by atoms with Gasteiger partial charge in [-0.15, -0.1) is 0 Å². The van der Waals surface area contributed by atoms with Gasteiger partial charge in [-0.3, -0.25) is 5.41 Å². The molecule has 182 valence electrons. The van der Waals surface area contributed by atoms with Gasteiger partial charge < -0.3 is 19.6 Å². The molecular formula is C24H35N3O6. The van der Waals surface area contributed by atoms with Gasteiger partial charge in [0.15, 0.2) is 0 Å². The molecule has 1 atom stereocenters. The number of amides is 1. The second-order valence-electron chi connectivity index (χ2n) is 8.33. The lowest BCUT2D eigenvalue weighted by Crippen LogP contribution is -2.54. The fourth-order valence-electron chi connectivity index (χ4n) is 3.98. The molecule has 2 N–H and O–H groups in total. The van der Waals surface area contributed by atoms with Crippen molar-refractivity contribution in [2.45, 2.75) is 70.8 Å². The van der Waals surface area contributed by atoms with Crippen LogP contribution in [-0.4, -0.2) is 58.8 Å². The van der Waals surface area contributed by atoms with E-state index in [1.807, 2.05) is 37.3 Å². The number of unbranched alkanes of at least 4 members (excludes halogenated alkanes) is 1. The second-order valence-corrected chi connectivity index (χ2v) is 8.33. The van der Waals surface area contributed by atoms with Crippen molar-refractivity contribution in [3.8, 4) is 0 Å². The number of hydroxylamine groups is 2. The Kier molecular flexibility index (Phi) is 10.7. The van der Waals surface area contributed by atoms with Crippen LogP contribution in [0.4, 0.5) is 4.79 Å². The first-order valence-corrected chi connectivity index (χ1v) is 11.6. The number of aryl methyl sites for hydroxylation is 1. The van der Waals surface area contributed by atoms with Crippen molar-refractivity contribution in [2.24, 2.45) is 5.92 Å². The number of nitrogens with one attached hydrogen (secondary N) is 1. The van der Waals surface area contributed by atoms with E-state index in [0.717, 1.165) is 44.1 Å². The van der Waals surface area contributed by atoms with E-state index in [-0.39, 0.29) is 18.9 Å². The SMILES string of the molecule is CCCCOC(=O)N(OC(=O)CCc1ccccc1)C(=N)N(C)C(C(=O)O)C1CCCCC1. The predicted octanol–water partition coefficient (Wildman–Crippen LogP) is 4.22. The van der Waals surface area contributed by atoms with Crippen molar-refractivity contribution in [2.75, 3.05) is 13.7 Å². The maximum atomic E-state index is 12.7. The van der Waals surface area contributed by atoms with E-state index >= 15 is 0 Å². The number of carboxylic acids is 1. The van der Waals surface area contributed by atoms with Crippen molar-refractivity contribution in [1.82, 2.24) is 9.96 Å². The van der Waals surface area contributed by atoms with Crippen LogP contribution in [0.3, 0.4) is 0 Å². The molecule has 0 heterocycles. The molecule has 0 aliphatic heterocycles. The molecule has 1 aliphatic carbocycles. The number of carbonyl (C=O) groups excluding carboxylic acids is 2. The van der Waals surface area contributed by atoms with Crippen molar-refractivity contribution in [3.63, 3.8) is 0 Å². The highest BCUT2D eigenvalue weighted by Crippen LogP contribution is 2.29. The summed E-state index contributed by atoms with van der Waals surface area (Å²) in [5.41, 5.74) is 0.932. The maximum Gasteiger partial charge on any atom is 0.451 e. The smallest absolute Gasteiger partial charge is 0.451 e. The number of guanidine groups is 1. The summed E-state index contributed by atoms with van der Waals surface area (Å²) in [6.45, 7) is 2.04. The van der Waals surface area contributed by atoms with Gasteiger partial charge in [0.05, 0.1) is 13.0 Å². The minimum atomic E-state index is -1.08. The van der Waals surface area contributed by atoms with Crippen LogP contribution in [-0.2, 0) is 25.6 Å². The molecular weight excluding hydrogens is 426 g/mol. The lowest BCUT2D eigenvalue weighted by Gasteiger charge is -2.36. The van der Waals surface area contributed by atoms with Crippen molar-refractivity contribution in [3.05, 3.63) is 35.9 Å². The van der Waals surface area contributed by atoms with Gasteiger partial charge in [0, 0.05) is 7.05 Å². The third kappa shape index (κ3) is 8.07. The molecule has 0 saturated heterocycles. The zero-order chi connectivity index (χ0) is 24.2. The van der Waals surface area contributed by atoms with Gasteiger partial charge in [-0.2, -0.15) is 0 Å². The van der Waals surface area contributed by atoms with Gasteiger partial charge in [-0.1, -0.05) is 68.0 Å². The van der Waals surface area contributed by atoms with Gasteiger partial charge in [0.25, 0.3) is 0 Å². The Morgan fingerprint density at radius 2 is 1.82 bits per heavy atom. The third-order valence-corrected chi connectivity index (χ3v) is 5.84. The monoisotopic (exact) mass is 461 g/mol. The molecule has 1 saturated carbocycles. The van der Waals surface area contributed by atoms with E-state index in [1.54, 1.807) is 0 Å². The fourth-order valence-corrected chi connectivity index (χ4v) is 3.98. The first-order chi connectivity index (χ1) is 15.8. The van der Waals surface area contributed by atoms with Gasteiger partial charge in [0.2, 0.25) is 5.96 Å². The average Bonchev–Trinajstić information content (AvgIpc) is 2.82. The number of nitrogens with zero attached hydrogens (tertiary/aromatic N) is 2. The number of carbonyl (C=O) groups is 3. The summed E-state index contributed by atoms with van der Waals surface area (Å²) in [5.74, 6) is -2.49. The molecule has 0 spiro atoms. The first kappa shape index (κ1) is 26.2. The van der Waals surface area contributed by atoms with E-state index in [9.17, 15) is 19.5 Å². The molecule has 1 aliphatic rings. The summed E-state index contributed by atoms with van der Waals surface area (Å²) < 4.78 is 5.16. The predicted molar refractivity (Wildman–Crippen MR) is 122 cm³/mol. The lowest BCUT2D eigenvalue weighted by molar-refractivity contribution is -0.170. The first-order valence-electron chi connectivity index (χ1n) is 11.6. The Hall–Kier alpha value is -3.10. The average molecular weight is 462 g/mol. The van der Waals surface area contributed by atoms with Crippen LogP contribution in [0, 0.1) is 11.3 Å². The molecule has 33 heavy (non-hydrogen) atoms. The summed E-state index contributed by atoms with van der Waals surface area (Å²) in [5, 5.41) is 18.8. The van der Waals surface area contributed by atoms with Crippen LogP contribution < -0.4 is 0 Å². The second kappa shape index (κ2) is 13.4. The molecule has 1 unspecified atom stereocenters. The Morgan fingerprint density at radius 3 is 2.42 bits per heavy atom. The van der Waals surface area contributed by atoms with Crippen LogP contribution >= 0.6 is 0 Å². The number of ether oxygens (including phenoxy) is 1. The van der Waals surface area contributed by atoms with Gasteiger partial charge in [-0.05, 0) is 37.2 Å². The molecule has 9 heteroatoms. The molecule has 0 aromatic heterocycles. The minimum Gasteiger partial charge on any atom is -0.480 e. The van der Waals surface area contributed by atoms with E-state index in [4.69, 9.17) is 15.0 Å². The summed E-state index contributed by atoms with van der Waals surface area (Å²) in [6.07, 6.45) is 5.15. The van der Waals surface area contributed by atoms with Gasteiger partial charge in [-0.25, -0.2) is 14.4 Å². The molecule has 0 radical (unpaired) electrons. The van der Waals surface area contributed by atoms with Gasteiger partial charge >= 0.3 is 18.0 Å². The number of hydrogen-bond donors (Lipinski definition) is 2. The van der Waals surface area contributed by atoms with E-state index in [0.29, 0.717) is 17.9 Å². The highest BCUT2D eigenvalue weighted by molar-refractivity contribution is 5.94. The van der Waals surface area contributed by atoms with Crippen LogP contribution in [0.2, 0.25) is 0 Å². The topological polar surface area (TPSA) is 120 Å². The van der Waals surface area contributed by atoms with E-state index in [2.05, 4.69) is 0 Å². The standard InChI is InChI=1S/C24H35N3O6/c1-3-4-17-32-24(31)27(33-20(28)16-15-18-11-7-5-8-12-18)23(25)26(2)21(22(29)30)19-13-9-6-10-14-19/h5,7-8,11-12,19,21,25H,3-4,6,9-10,13-17H2,1-2H3,(H,29,30). The van der Waals surface area contributed by atoms with Crippen LogP contribution in [0.15, 0.2) is 30.3 Å².